The van der Waals surface area contributed by atoms with Gasteiger partial charge in [0.1, 0.15) is 7.05 Å². The number of nitrogens with zero attached hydrogens (tertiary/aromatic N) is 2. The van der Waals surface area contributed by atoms with Gasteiger partial charge in [0, 0.05) is 12.1 Å². The molecule has 0 atom stereocenters. The predicted octanol–water partition coefficient (Wildman–Crippen LogP) is -4.49. The van der Waals surface area contributed by atoms with E-state index in [2.05, 4.69) is 56.9 Å². The van der Waals surface area contributed by atoms with Gasteiger partial charge in [-0.2, -0.15) is 0 Å². The molecule has 1 rings (SSSR count). The number of quaternary nitrogens is 1. The Morgan fingerprint density at radius 3 is 2.12 bits per heavy atom. The van der Waals surface area contributed by atoms with Crippen molar-refractivity contribution in [3.05, 3.63) is 30.1 Å². The molecule has 0 saturated carbocycles. The molecule has 16 heavy (non-hydrogen) atoms. The molecule has 0 spiro atoms. The molecule has 0 radical (unpaired) electrons. The highest BCUT2D eigenvalue weighted by molar-refractivity contribution is 4.95. The van der Waals surface area contributed by atoms with E-state index in [1.165, 1.54) is 18.8 Å². The number of hydrogen-bond acceptors (Lipinski definition) is 0. The van der Waals surface area contributed by atoms with Gasteiger partial charge >= 0.3 is 0 Å². The smallest absolute Gasteiger partial charge is 0.236 e. The highest BCUT2D eigenvalue weighted by atomic mass is 127. The lowest BCUT2D eigenvalue weighted by atomic mass is 10.3. The molecule has 0 fully saturated rings. The van der Waals surface area contributed by atoms with E-state index in [1.54, 1.807) is 0 Å². The Hall–Kier alpha value is 0.570. The summed E-state index contributed by atoms with van der Waals surface area (Å²) in [5.74, 6) is 0. The Morgan fingerprint density at radius 2 is 1.69 bits per heavy atom. The summed E-state index contributed by atoms with van der Waals surface area (Å²) in [6, 6.07) is 6.40. The predicted molar refractivity (Wildman–Crippen MR) is 58.6 cm³/mol. The first-order chi connectivity index (χ1) is 6.61. The molecule has 0 bridgehead atoms. The quantitative estimate of drug-likeness (QED) is 0.249. The van der Waals surface area contributed by atoms with Crippen molar-refractivity contribution in [2.45, 2.75) is 20.4 Å². The molecule has 2 nitrogen and oxygen atoms in total. The summed E-state index contributed by atoms with van der Waals surface area (Å²) in [5.41, 5.74) is 1.40. The van der Waals surface area contributed by atoms with E-state index in [0.29, 0.717) is 0 Å². The van der Waals surface area contributed by atoms with Crippen LogP contribution in [0.25, 0.3) is 0 Å². The van der Waals surface area contributed by atoms with Crippen LogP contribution in [0.5, 0.6) is 0 Å². The van der Waals surface area contributed by atoms with Gasteiger partial charge < -0.3 is 52.4 Å². The SMILES string of the molecule is CC[N+](C)(CC)Cc1cccc[n+]1C.[I-].[I-]. The van der Waals surface area contributed by atoms with E-state index in [9.17, 15) is 0 Å². The third-order valence-electron chi connectivity index (χ3n) is 3.23. The van der Waals surface area contributed by atoms with Gasteiger partial charge in [-0.15, -0.1) is 0 Å². The van der Waals surface area contributed by atoms with E-state index in [1.807, 2.05) is 0 Å². The number of hydrogen-bond donors (Lipinski definition) is 0. The van der Waals surface area contributed by atoms with E-state index in [4.69, 9.17) is 0 Å². The molecule has 1 aromatic rings. The molecule has 0 aliphatic rings. The maximum absolute atomic E-state index is 2.31. The molecule has 94 valence electrons. The monoisotopic (exact) mass is 448 g/mol. The lowest BCUT2D eigenvalue weighted by Crippen LogP contribution is -3.00. The molecular weight excluding hydrogens is 426 g/mol. The molecule has 0 aliphatic carbocycles. The average Bonchev–Trinajstić information content (AvgIpc) is 2.21. The van der Waals surface area contributed by atoms with Gasteiger partial charge in [0.2, 0.25) is 5.69 Å². The molecule has 1 heterocycles. The van der Waals surface area contributed by atoms with Crippen molar-refractivity contribution in [2.75, 3.05) is 20.1 Å². The summed E-state index contributed by atoms with van der Waals surface area (Å²) in [5, 5.41) is 0. The number of halogens is 2. The highest BCUT2D eigenvalue weighted by Crippen LogP contribution is 2.07. The van der Waals surface area contributed by atoms with Gasteiger partial charge in [0.15, 0.2) is 12.7 Å². The fourth-order valence-corrected chi connectivity index (χ4v) is 1.56. The van der Waals surface area contributed by atoms with Gasteiger partial charge in [-0.05, 0) is 19.9 Å². The summed E-state index contributed by atoms with van der Waals surface area (Å²) in [6.07, 6.45) is 2.12. The Balaban J connectivity index is 0. The molecule has 4 heteroatoms. The Labute approximate surface area is 134 Å². The lowest BCUT2D eigenvalue weighted by Gasteiger charge is -2.30. The van der Waals surface area contributed by atoms with Crippen LogP contribution in [0.2, 0.25) is 0 Å². The van der Waals surface area contributed by atoms with Crippen LogP contribution in [0.3, 0.4) is 0 Å². The maximum Gasteiger partial charge on any atom is 0.236 e. The Morgan fingerprint density at radius 1 is 1.12 bits per heavy atom. The van der Waals surface area contributed by atoms with Crippen LogP contribution in [0, 0.1) is 0 Å². The van der Waals surface area contributed by atoms with E-state index in [0.717, 1.165) is 11.0 Å². The zero-order valence-electron chi connectivity index (χ0n) is 10.6. The van der Waals surface area contributed by atoms with Crippen molar-refractivity contribution in [3.63, 3.8) is 0 Å². The maximum atomic E-state index is 2.31. The first-order valence-corrected chi connectivity index (χ1v) is 5.38. The third-order valence-corrected chi connectivity index (χ3v) is 3.23. The molecule has 0 amide bonds. The van der Waals surface area contributed by atoms with Crippen LogP contribution in [0.1, 0.15) is 19.5 Å². The van der Waals surface area contributed by atoms with Crippen molar-refractivity contribution in [1.82, 2.24) is 0 Å². The van der Waals surface area contributed by atoms with Crippen LogP contribution >= 0.6 is 0 Å². The van der Waals surface area contributed by atoms with Gasteiger partial charge in [-0.1, -0.05) is 0 Å². The van der Waals surface area contributed by atoms with Crippen LogP contribution in [-0.2, 0) is 13.6 Å². The minimum Gasteiger partial charge on any atom is -1.00 e. The molecule has 0 aliphatic heterocycles. The number of rotatable bonds is 4. The van der Waals surface area contributed by atoms with E-state index >= 15 is 0 Å². The molecule has 0 N–H and O–H groups in total. The van der Waals surface area contributed by atoms with E-state index in [-0.39, 0.29) is 48.0 Å². The molecular formula is C12H22I2N2. The average molecular weight is 448 g/mol. The van der Waals surface area contributed by atoms with Crippen LogP contribution in [0.15, 0.2) is 24.4 Å². The second-order valence-electron chi connectivity index (χ2n) is 4.21. The van der Waals surface area contributed by atoms with Crippen molar-refractivity contribution < 1.29 is 57.0 Å². The van der Waals surface area contributed by atoms with Gasteiger partial charge in [-0.3, -0.25) is 0 Å². The number of aromatic nitrogens is 1. The minimum atomic E-state index is 0. The highest BCUT2D eigenvalue weighted by Gasteiger charge is 2.21. The first-order valence-electron chi connectivity index (χ1n) is 5.38. The second kappa shape index (κ2) is 8.63. The lowest BCUT2D eigenvalue weighted by molar-refractivity contribution is -0.927. The summed E-state index contributed by atoms with van der Waals surface area (Å²) >= 11 is 0. The fraction of sp³-hybridized carbons (Fsp3) is 0.583. The molecule has 0 saturated heterocycles. The number of aryl methyl sites for hydroxylation is 1. The molecule has 0 aromatic carbocycles. The zero-order valence-corrected chi connectivity index (χ0v) is 14.9. The van der Waals surface area contributed by atoms with Crippen molar-refractivity contribution in [1.29, 1.82) is 0 Å². The molecule has 0 unspecified atom stereocenters. The second-order valence-corrected chi connectivity index (χ2v) is 4.21. The van der Waals surface area contributed by atoms with Crippen LogP contribution < -0.4 is 52.5 Å². The van der Waals surface area contributed by atoms with Crippen molar-refractivity contribution >= 4 is 0 Å². The van der Waals surface area contributed by atoms with Gasteiger partial charge in [0.05, 0.1) is 20.1 Å². The van der Waals surface area contributed by atoms with Crippen LogP contribution in [-0.4, -0.2) is 24.6 Å². The normalized spacial score (nSPS) is 10.2. The summed E-state index contributed by atoms with van der Waals surface area (Å²) < 4.78 is 3.32. The fourth-order valence-electron chi connectivity index (χ4n) is 1.56. The molecule has 1 aromatic heterocycles. The first kappa shape index (κ1) is 18.9. The van der Waals surface area contributed by atoms with Gasteiger partial charge in [-0.25, -0.2) is 4.57 Å². The van der Waals surface area contributed by atoms with Crippen LogP contribution in [0.4, 0.5) is 0 Å². The summed E-state index contributed by atoms with van der Waals surface area (Å²) in [6.45, 7) is 8.00. The minimum absolute atomic E-state index is 0. The Bertz CT molecular complexity index is 299. The standard InChI is InChI=1S/C12H22N2.2HI/c1-5-14(4,6-2)11-12-9-7-8-10-13(12)3;;/h7-10H,5-6,11H2,1-4H3;2*1H/q+2;;/p-2. The largest absolute Gasteiger partial charge is 1.00 e. The van der Waals surface area contributed by atoms with E-state index < -0.39 is 0 Å². The zero-order chi connectivity index (χ0) is 10.6. The van der Waals surface area contributed by atoms with Gasteiger partial charge in [0.25, 0.3) is 0 Å². The summed E-state index contributed by atoms with van der Waals surface area (Å²) in [4.78, 5) is 0. The third kappa shape index (κ3) is 5.27. The van der Waals surface area contributed by atoms with Crippen molar-refractivity contribution in [3.8, 4) is 0 Å². The summed E-state index contributed by atoms with van der Waals surface area (Å²) in [7, 11) is 4.43. The topological polar surface area (TPSA) is 3.88 Å². The van der Waals surface area contributed by atoms with Crippen molar-refractivity contribution in [2.24, 2.45) is 7.05 Å². The Kier molecular flexibility index (Phi) is 10.2. The number of pyridine rings is 1.